The molecule has 5 nitrogen and oxygen atoms in total. The number of nitrogens with zero attached hydrogens (tertiary/aromatic N) is 1. The van der Waals surface area contributed by atoms with Gasteiger partial charge in [0.1, 0.15) is 0 Å². The van der Waals surface area contributed by atoms with Gasteiger partial charge in [-0.2, -0.15) is 0 Å². The lowest BCUT2D eigenvalue weighted by Gasteiger charge is -2.21. The second-order valence-corrected chi connectivity index (χ2v) is 4.06. The summed E-state index contributed by atoms with van der Waals surface area (Å²) in [5, 5.41) is 13.2. The van der Waals surface area contributed by atoms with E-state index in [9.17, 15) is 10.1 Å². The predicted octanol–water partition coefficient (Wildman–Crippen LogP) is 1.72. The summed E-state index contributed by atoms with van der Waals surface area (Å²) < 4.78 is 0. The van der Waals surface area contributed by atoms with Crippen LogP contribution in [-0.4, -0.2) is 11.0 Å². The molecule has 1 aliphatic rings. The van der Waals surface area contributed by atoms with Crippen LogP contribution in [0.5, 0.6) is 0 Å². The molecule has 0 radical (unpaired) electrons. The van der Waals surface area contributed by atoms with Gasteiger partial charge in [0.25, 0.3) is 6.20 Å². The van der Waals surface area contributed by atoms with Crippen molar-refractivity contribution in [2.24, 2.45) is 5.73 Å². The van der Waals surface area contributed by atoms with Crippen LogP contribution < -0.4 is 11.1 Å². The molecule has 1 fully saturated rings. The second-order valence-electron chi connectivity index (χ2n) is 4.06. The average molecular weight is 213 g/mol. The number of hydrogen-bond donors (Lipinski definition) is 2. The maximum atomic E-state index is 10.2. The molecule has 1 aliphatic carbocycles. The standard InChI is InChI=1S/C10H19N3O2/c11-10(8-13(14)15)12-9-6-4-2-1-3-5-7-9/h8-9,12H,1-7,11H2. The van der Waals surface area contributed by atoms with Crippen LogP contribution in [0, 0.1) is 10.1 Å². The number of rotatable bonds is 3. The summed E-state index contributed by atoms with van der Waals surface area (Å²) in [7, 11) is 0. The van der Waals surface area contributed by atoms with E-state index in [0.29, 0.717) is 6.04 Å². The summed E-state index contributed by atoms with van der Waals surface area (Å²) in [5.74, 6) is 0.172. The molecular formula is C10H19N3O2. The summed E-state index contributed by atoms with van der Waals surface area (Å²) in [4.78, 5) is 9.66. The van der Waals surface area contributed by atoms with Crippen molar-refractivity contribution in [2.75, 3.05) is 0 Å². The third-order valence-electron chi connectivity index (χ3n) is 2.72. The van der Waals surface area contributed by atoms with E-state index >= 15 is 0 Å². The molecule has 0 aliphatic heterocycles. The summed E-state index contributed by atoms with van der Waals surface area (Å²) in [6, 6.07) is 0.307. The molecule has 15 heavy (non-hydrogen) atoms. The molecule has 0 aromatic rings. The number of nitro groups is 1. The minimum absolute atomic E-state index is 0.172. The molecule has 0 unspecified atom stereocenters. The molecule has 0 aromatic carbocycles. The van der Waals surface area contributed by atoms with Crippen LogP contribution in [0.1, 0.15) is 44.9 Å². The molecule has 86 valence electrons. The van der Waals surface area contributed by atoms with E-state index < -0.39 is 4.92 Å². The van der Waals surface area contributed by atoms with Crippen LogP contribution in [0.15, 0.2) is 12.0 Å². The highest BCUT2D eigenvalue weighted by Crippen LogP contribution is 2.17. The Kier molecular flexibility index (Phi) is 4.93. The first kappa shape index (κ1) is 11.8. The summed E-state index contributed by atoms with van der Waals surface area (Å²) >= 11 is 0. The maximum absolute atomic E-state index is 10.2. The van der Waals surface area contributed by atoms with Crippen molar-refractivity contribution < 1.29 is 4.92 Å². The Morgan fingerprint density at radius 3 is 2.33 bits per heavy atom. The minimum Gasteiger partial charge on any atom is -0.380 e. The van der Waals surface area contributed by atoms with Crippen LogP contribution in [0.3, 0.4) is 0 Å². The molecule has 0 heterocycles. The van der Waals surface area contributed by atoms with E-state index in [4.69, 9.17) is 5.73 Å². The zero-order chi connectivity index (χ0) is 11.1. The molecule has 5 heteroatoms. The SMILES string of the molecule is NC(=C[N+](=O)[O-])NC1CCCCCCC1. The fraction of sp³-hybridized carbons (Fsp3) is 0.800. The molecule has 0 saturated heterocycles. The van der Waals surface area contributed by atoms with Crippen molar-refractivity contribution in [3.63, 3.8) is 0 Å². The van der Waals surface area contributed by atoms with Crippen molar-refractivity contribution in [3.05, 3.63) is 22.1 Å². The van der Waals surface area contributed by atoms with E-state index in [1.165, 1.54) is 32.1 Å². The fourth-order valence-electron chi connectivity index (χ4n) is 1.99. The third kappa shape index (κ3) is 5.24. The zero-order valence-corrected chi connectivity index (χ0v) is 8.95. The molecule has 0 spiro atoms. The lowest BCUT2D eigenvalue weighted by atomic mass is 9.97. The van der Waals surface area contributed by atoms with E-state index in [1.807, 2.05) is 0 Å². The Morgan fingerprint density at radius 2 is 1.80 bits per heavy atom. The molecule has 1 rings (SSSR count). The molecule has 0 bridgehead atoms. The van der Waals surface area contributed by atoms with Crippen molar-refractivity contribution in [3.8, 4) is 0 Å². The van der Waals surface area contributed by atoms with Crippen LogP contribution in [0.2, 0.25) is 0 Å². The van der Waals surface area contributed by atoms with Gasteiger partial charge in [-0.25, -0.2) is 0 Å². The lowest BCUT2D eigenvalue weighted by Crippen LogP contribution is -2.33. The van der Waals surface area contributed by atoms with Crippen LogP contribution in [0.25, 0.3) is 0 Å². The highest BCUT2D eigenvalue weighted by atomic mass is 16.6. The van der Waals surface area contributed by atoms with E-state index in [1.54, 1.807) is 0 Å². The molecule has 1 saturated carbocycles. The summed E-state index contributed by atoms with van der Waals surface area (Å²) in [6.45, 7) is 0. The number of hydrogen-bond acceptors (Lipinski definition) is 4. The lowest BCUT2D eigenvalue weighted by molar-refractivity contribution is -0.403. The largest absolute Gasteiger partial charge is 0.380 e. The van der Waals surface area contributed by atoms with Gasteiger partial charge in [0.15, 0.2) is 5.82 Å². The summed E-state index contributed by atoms with van der Waals surface area (Å²) in [5.41, 5.74) is 5.50. The highest BCUT2D eigenvalue weighted by molar-refractivity contribution is 4.90. The number of nitrogens with one attached hydrogen (secondary N) is 1. The van der Waals surface area contributed by atoms with Gasteiger partial charge in [0.2, 0.25) is 0 Å². The average Bonchev–Trinajstić information content (AvgIpc) is 2.08. The van der Waals surface area contributed by atoms with E-state index in [2.05, 4.69) is 5.32 Å². The fourth-order valence-corrected chi connectivity index (χ4v) is 1.99. The van der Waals surface area contributed by atoms with Crippen LogP contribution >= 0.6 is 0 Å². The van der Waals surface area contributed by atoms with E-state index in [-0.39, 0.29) is 5.82 Å². The Balaban J connectivity index is 2.37. The van der Waals surface area contributed by atoms with Gasteiger partial charge >= 0.3 is 0 Å². The predicted molar refractivity (Wildman–Crippen MR) is 58.5 cm³/mol. The molecule has 3 N–H and O–H groups in total. The van der Waals surface area contributed by atoms with Crippen molar-refractivity contribution >= 4 is 0 Å². The second kappa shape index (κ2) is 6.27. The Bertz CT molecular complexity index is 233. The monoisotopic (exact) mass is 213 g/mol. The van der Waals surface area contributed by atoms with Gasteiger partial charge < -0.3 is 11.1 Å². The minimum atomic E-state index is -0.523. The molecule has 0 amide bonds. The van der Waals surface area contributed by atoms with E-state index in [0.717, 1.165) is 19.0 Å². The van der Waals surface area contributed by atoms with Gasteiger partial charge in [-0.15, -0.1) is 0 Å². The van der Waals surface area contributed by atoms with Gasteiger partial charge in [-0.1, -0.05) is 32.1 Å². The van der Waals surface area contributed by atoms with Gasteiger partial charge in [0, 0.05) is 6.04 Å². The van der Waals surface area contributed by atoms with Gasteiger partial charge in [-0.3, -0.25) is 10.1 Å². The first-order valence-corrected chi connectivity index (χ1v) is 5.56. The Morgan fingerprint density at radius 1 is 1.27 bits per heavy atom. The van der Waals surface area contributed by atoms with Crippen molar-refractivity contribution in [2.45, 2.75) is 51.0 Å². The van der Waals surface area contributed by atoms with Crippen molar-refractivity contribution in [1.29, 1.82) is 0 Å². The summed E-state index contributed by atoms with van der Waals surface area (Å²) in [6.07, 6.45) is 9.16. The first-order chi connectivity index (χ1) is 7.18. The zero-order valence-electron chi connectivity index (χ0n) is 8.95. The molecule has 0 atom stereocenters. The smallest absolute Gasteiger partial charge is 0.273 e. The Hall–Kier alpha value is -1.26. The topological polar surface area (TPSA) is 81.2 Å². The maximum Gasteiger partial charge on any atom is 0.273 e. The van der Waals surface area contributed by atoms with Gasteiger partial charge in [0.05, 0.1) is 4.92 Å². The Labute approximate surface area is 89.9 Å². The number of nitrogens with two attached hydrogens (primary N) is 1. The first-order valence-electron chi connectivity index (χ1n) is 5.56. The molecule has 0 aromatic heterocycles. The normalized spacial score (nSPS) is 20.4. The van der Waals surface area contributed by atoms with Crippen LogP contribution in [0.4, 0.5) is 0 Å². The van der Waals surface area contributed by atoms with Crippen molar-refractivity contribution in [1.82, 2.24) is 5.32 Å². The van der Waals surface area contributed by atoms with Gasteiger partial charge in [-0.05, 0) is 12.8 Å². The quantitative estimate of drug-likeness (QED) is 0.552. The molecular weight excluding hydrogens is 194 g/mol. The van der Waals surface area contributed by atoms with Crippen LogP contribution in [-0.2, 0) is 0 Å². The highest BCUT2D eigenvalue weighted by Gasteiger charge is 2.11. The third-order valence-corrected chi connectivity index (χ3v) is 2.72.